The Hall–Kier alpha value is -3.25. The summed E-state index contributed by atoms with van der Waals surface area (Å²) in [5.41, 5.74) is 4.10. The van der Waals surface area contributed by atoms with E-state index in [0.29, 0.717) is 63.4 Å². The molecule has 0 radical (unpaired) electrons. The molecule has 0 spiro atoms. The topological polar surface area (TPSA) is 73.9 Å². The average molecular weight is 454 g/mol. The van der Waals surface area contributed by atoms with Crippen molar-refractivity contribution in [2.75, 3.05) is 20.3 Å². The smallest absolute Gasteiger partial charge is 0.336 e. The minimum atomic E-state index is -0.715. The Morgan fingerprint density at radius 3 is 2.38 bits per heavy atom. The average Bonchev–Trinajstić information content (AvgIpc) is 3.06. The van der Waals surface area contributed by atoms with Crippen molar-refractivity contribution in [3.05, 3.63) is 75.0 Å². The molecule has 0 unspecified atom stereocenters. The molecular formula is C25H24ClNO5. The first-order chi connectivity index (χ1) is 15.4. The summed E-state index contributed by atoms with van der Waals surface area (Å²) in [6.45, 7) is 6.36. The highest BCUT2D eigenvalue weighted by Gasteiger charge is 2.44. The number of Topliss-reactive ketones (excluding diaryl/α,β-unsaturated/α-hetero) is 1. The maximum Gasteiger partial charge on any atom is 0.336 e. The Kier molecular flexibility index (Phi) is 5.98. The van der Waals surface area contributed by atoms with Crippen LogP contribution in [-0.2, 0) is 9.53 Å². The minimum Gasteiger partial charge on any atom is -0.493 e. The summed E-state index contributed by atoms with van der Waals surface area (Å²) in [6, 6.07) is 10.8. The first kappa shape index (κ1) is 22.0. The van der Waals surface area contributed by atoms with Gasteiger partial charge in [0.2, 0.25) is 0 Å². The Bertz CT molecular complexity index is 1180. The van der Waals surface area contributed by atoms with Crippen molar-refractivity contribution in [2.45, 2.75) is 26.7 Å². The van der Waals surface area contributed by atoms with E-state index in [-0.39, 0.29) is 5.78 Å². The summed E-state index contributed by atoms with van der Waals surface area (Å²) in [6.07, 6.45) is 0. The summed E-state index contributed by atoms with van der Waals surface area (Å²) in [5.74, 6) is -0.409. The van der Waals surface area contributed by atoms with Crippen molar-refractivity contribution in [1.82, 2.24) is 5.32 Å². The molecule has 0 fully saturated rings. The van der Waals surface area contributed by atoms with Crippen LogP contribution in [0.25, 0.3) is 5.70 Å². The molecule has 1 heterocycles. The molecule has 0 saturated heterocycles. The number of methoxy groups -OCH3 is 1. The van der Waals surface area contributed by atoms with Crippen LogP contribution in [0.5, 0.6) is 11.5 Å². The molecule has 0 aromatic heterocycles. The number of ether oxygens (including phenoxy) is 3. The quantitative estimate of drug-likeness (QED) is 0.628. The van der Waals surface area contributed by atoms with E-state index in [0.717, 1.165) is 5.56 Å². The van der Waals surface area contributed by atoms with Gasteiger partial charge < -0.3 is 19.5 Å². The lowest BCUT2D eigenvalue weighted by atomic mass is 9.79. The highest BCUT2D eigenvalue weighted by molar-refractivity contribution is 6.32. The Labute approximate surface area is 191 Å². The molecule has 0 saturated carbocycles. The van der Waals surface area contributed by atoms with Gasteiger partial charge in [0.15, 0.2) is 5.78 Å². The number of halogens is 1. The number of benzene rings is 2. The maximum absolute atomic E-state index is 13.5. The van der Waals surface area contributed by atoms with Gasteiger partial charge in [-0.3, -0.25) is 4.79 Å². The van der Waals surface area contributed by atoms with Gasteiger partial charge in [0.1, 0.15) is 11.5 Å². The fraction of sp³-hybridized carbons (Fsp3) is 0.280. The van der Waals surface area contributed by atoms with Crippen molar-refractivity contribution in [3.63, 3.8) is 0 Å². The monoisotopic (exact) mass is 453 g/mol. The third-order valence-corrected chi connectivity index (χ3v) is 5.92. The van der Waals surface area contributed by atoms with Crippen molar-refractivity contribution >= 4 is 29.1 Å². The second-order valence-electron chi connectivity index (χ2n) is 7.44. The summed E-state index contributed by atoms with van der Waals surface area (Å²) in [4.78, 5) is 26.4. The summed E-state index contributed by atoms with van der Waals surface area (Å²) >= 11 is 6.54. The van der Waals surface area contributed by atoms with E-state index < -0.39 is 11.9 Å². The van der Waals surface area contributed by atoms with Gasteiger partial charge >= 0.3 is 5.97 Å². The first-order valence-electron chi connectivity index (χ1n) is 10.5. The number of hydrogen-bond donors (Lipinski definition) is 1. The van der Waals surface area contributed by atoms with Crippen LogP contribution in [-0.4, -0.2) is 32.1 Å². The molecule has 2 aliphatic rings. The third kappa shape index (κ3) is 3.45. The van der Waals surface area contributed by atoms with E-state index in [1.165, 1.54) is 7.11 Å². The zero-order valence-electron chi connectivity index (χ0n) is 18.4. The van der Waals surface area contributed by atoms with Gasteiger partial charge in [-0.05, 0) is 26.8 Å². The number of carbonyl (C=O) groups is 2. The molecule has 4 rings (SSSR count). The summed E-state index contributed by atoms with van der Waals surface area (Å²) < 4.78 is 16.7. The molecule has 32 heavy (non-hydrogen) atoms. The molecule has 166 valence electrons. The molecule has 6 nitrogen and oxygen atoms in total. The van der Waals surface area contributed by atoms with E-state index in [2.05, 4.69) is 5.32 Å². The van der Waals surface area contributed by atoms with E-state index >= 15 is 0 Å². The third-order valence-electron chi connectivity index (χ3n) is 5.63. The Morgan fingerprint density at radius 2 is 1.72 bits per heavy atom. The number of allylic oxidation sites excluding steroid dienone is 2. The van der Waals surface area contributed by atoms with E-state index in [9.17, 15) is 9.59 Å². The predicted octanol–water partition coefficient (Wildman–Crippen LogP) is 4.88. The predicted molar refractivity (Wildman–Crippen MR) is 122 cm³/mol. The van der Waals surface area contributed by atoms with Gasteiger partial charge in [-0.2, -0.15) is 0 Å². The summed E-state index contributed by atoms with van der Waals surface area (Å²) in [7, 11) is 1.32. The van der Waals surface area contributed by atoms with Crippen LogP contribution in [0.4, 0.5) is 0 Å². The van der Waals surface area contributed by atoms with Crippen LogP contribution in [0.3, 0.4) is 0 Å². The lowest BCUT2D eigenvalue weighted by Crippen LogP contribution is -2.29. The number of fused-ring (bicyclic) bond motifs is 2. The van der Waals surface area contributed by atoms with E-state index in [1.54, 1.807) is 25.1 Å². The van der Waals surface area contributed by atoms with Gasteiger partial charge in [-0.15, -0.1) is 0 Å². The van der Waals surface area contributed by atoms with Gasteiger partial charge in [0.05, 0.1) is 42.5 Å². The maximum atomic E-state index is 13.5. The fourth-order valence-corrected chi connectivity index (χ4v) is 4.57. The molecule has 1 atom stereocenters. The number of hydrogen-bond acceptors (Lipinski definition) is 6. The summed E-state index contributed by atoms with van der Waals surface area (Å²) in [5, 5.41) is 3.64. The fourth-order valence-electron chi connectivity index (χ4n) is 4.34. The van der Waals surface area contributed by atoms with Crippen molar-refractivity contribution in [2.24, 2.45) is 0 Å². The second-order valence-corrected chi connectivity index (χ2v) is 7.85. The first-order valence-corrected chi connectivity index (χ1v) is 10.8. The van der Waals surface area contributed by atoms with E-state index in [1.807, 2.05) is 32.0 Å². The normalized spacial score (nSPS) is 17.0. The Morgan fingerprint density at radius 1 is 1.06 bits per heavy atom. The highest BCUT2D eigenvalue weighted by atomic mass is 35.5. The lowest BCUT2D eigenvalue weighted by molar-refractivity contribution is -0.136. The van der Waals surface area contributed by atoms with Crippen LogP contribution in [0.15, 0.2) is 53.2 Å². The molecular weight excluding hydrogens is 430 g/mol. The number of ketones is 1. The standard InChI is InChI=1S/C25H24ClNO5/c1-5-31-18-12-19(32-6-2)17(26)11-16(18)21-20(25(29)30-4)13(3)27-23-14-9-7-8-10-15(14)24(28)22(21)23/h7-12,21,27H,5-6H2,1-4H3/t21-/m1/s1. The van der Waals surface area contributed by atoms with Gasteiger partial charge in [0.25, 0.3) is 0 Å². The molecule has 2 aromatic carbocycles. The minimum absolute atomic E-state index is 0.144. The SMILES string of the molecule is CCOc1cc(OCC)c([C@@H]2C(C(=O)OC)=C(C)NC3=C2C(=O)c2ccccc23)cc1Cl. The zero-order chi connectivity index (χ0) is 23.0. The number of nitrogens with one attached hydrogen (secondary N) is 1. The molecule has 1 aliphatic heterocycles. The molecule has 0 bridgehead atoms. The van der Waals surface area contributed by atoms with Crippen molar-refractivity contribution in [3.8, 4) is 11.5 Å². The molecule has 1 N–H and O–H groups in total. The van der Waals surface area contributed by atoms with Crippen LogP contribution in [0, 0.1) is 0 Å². The molecule has 7 heteroatoms. The van der Waals surface area contributed by atoms with Crippen LogP contribution in [0.1, 0.15) is 48.2 Å². The second kappa shape index (κ2) is 8.71. The van der Waals surface area contributed by atoms with Crippen molar-refractivity contribution in [1.29, 1.82) is 0 Å². The molecule has 2 aromatic rings. The van der Waals surface area contributed by atoms with Gasteiger partial charge in [-0.1, -0.05) is 35.9 Å². The zero-order valence-corrected chi connectivity index (χ0v) is 19.1. The molecule has 0 amide bonds. The number of rotatable bonds is 6. The van der Waals surface area contributed by atoms with Crippen LogP contribution < -0.4 is 14.8 Å². The highest BCUT2D eigenvalue weighted by Crippen LogP contribution is 2.50. The number of dihydropyridines is 1. The molecule has 1 aliphatic carbocycles. The van der Waals surface area contributed by atoms with E-state index in [4.69, 9.17) is 25.8 Å². The number of esters is 1. The number of carbonyl (C=O) groups excluding carboxylic acids is 2. The van der Waals surface area contributed by atoms with Crippen LogP contribution in [0.2, 0.25) is 5.02 Å². The van der Waals surface area contributed by atoms with Crippen LogP contribution >= 0.6 is 11.6 Å². The van der Waals surface area contributed by atoms with Crippen molar-refractivity contribution < 1.29 is 23.8 Å². The van der Waals surface area contributed by atoms with Gasteiger partial charge in [-0.25, -0.2) is 4.79 Å². The largest absolute Gasteiger partial charge is 0.493 e. The lowest BCUT2D eigenvalue weighted by Gasteiger charge is -2.30. The van der Waals surface area contributed by atoms with Gasteiger partial charge in [0, 0.05) is 34.0 Å². The Balaban J connectivity index is 1.99.